The van der Waals surface area contributed by atoms with Gasteiger partial charge in [0, 0.05) is 37.9 Å². The zero-order valence-corrected chi connectivity index (χ0v) is 41.2. The molecule has 1 saturated heterocycles. The molecule has 336 valence electrons. The molecule has 1 N–H and O–H groups in total. The van der Waals surface area contributed by atoms with Crippen LogP contribution in [0.25, 0.3) is 0 Å². The molecule has 10 nitrogen and oxygen atoms in total. The molecule has 2 aliphatic rings. The Balaban J connectivity index is 2.40. The molecule has 2 rings (SSSR count). The van der Waals surface area contributed by atoms with Crippen LogP contribution in [-0.4, -0.2) is 94.4 Å². The van der Waals surface area contributed by atoms with Crippen molar-refractivity contribution in [2.75, 3.05) is 6.61 Å². The summed E-state index contributed by atoms with van der Waals surface area (Å²) < 4.78 is 44.6. The van der Waals surface area contributed by atoms with Crippen molar-refractivity contribution >= 4 is 28.6 Å². The fourth-order valence-corrected chi connectivity index (χ4v) is 14.6. The van der Waals surface area contributed by atoms with E-state index in [1.54, 1.807) is 13.0 Å². The topological polar surface area (TPSA) is 122 Å². The van der Waals surface area contributed by atoms with Gasteiger partial charge < -0.3 is 37.6 Å². The molecule has 0 unspecified atom stereocenters. The zero-order valence-electron chi connectivity index (χ0n) is 39.2. The molecule has 0 radical (unpaired) electrons. The van der Waals surface area contributed by atoms with E-state index in [2.05, 4.69) is 55.4 Å². The Morgan fingerprint density at radius 3 is 2.14 bits per heavy atom. The molecule has 0 spiro atoms. The molecule has 2 aliphatic heterocycles. The van der Waals surface area contributed by atoms with E-state index < -0.39 is 58.4 Å². The van der Waals surface area contributed by atoms with Crippen LogP contribution in [-0.2, 0) is 42.1 Å². The van der Waals surface area contributed by atoms with E-state index in [-0.39, 0.29) is 42.5 Å². The van der Waals surface area contributed by atoms with E-state index in [4.69, 9.17) is 32.5 Å². The van der Waals surface area contributed by atoms with Crippen LogP contribution < -0.4 is 0 Å². The largest absolute Gasteiger partial charge is 0.457 e. The first-order valence-corrected chi connectivity index (χ1v) is 27.7. The van der Waals surface area contributed by atoms with Crippen molar-refractivity contribution in [3.63, 3.8) is 0 Å². The second-order valence-electron chi connectivity index (χ2n) is 17.5. The Bertz CT molecular complexity index is 1320. The molecule has 12 heteroatoms. The van der Waals surface area contributed by atoms with Crippen LogP contribution >= 0.6 is 0 Å². The molecular weight excluding hydrogens is 769 g/mol. The highest BCUT2D eigenvalue weighted by Gasteiger charge is 2.49. The van der Waals surface area contributed by atoms with E-state index in [0.29, 0.717) is 25.9 Å². The molecule has 0 aromatic carbocycles. The predicted octanol–water partition coefficient (Wildman–Crippen LogP) is 10.6. The third-order valence-electron chi connectivity index (χ3n) is 13.1. The van der Waals surface area contributed by atoms with Gasteiger partial charge in [0.25, 0.3) is 0 Å². The molecule has 0 bridgehead atoms. The standard InChI is InChI=1S/C46H84O10Si2/c1-16-39(56-58(21-6,22-7)23-8)35(11)44-40(52-44)32-45(14,49)29-24-25-33(9)43-34(10)26-27-41(51-36(12)47)46(15,54-37(13)50-17-2)30-28-38(31-42(48)53-43)55-57(18-3,19-4)20-5/h24-27,29,34-35,37-41,43-44,49H,16-23,28,30-32H2,1-15H3/b27-26+,29-24+,33-25+/t34-,35+,37+,38+,39-,40+,41-,43+,44+,45-,46+/m0/s1. The van der Waals surface area contributed by atoms with Gasteiger partial charge in [-0.15, -0.1) is 0 Å². The maximum atomic E-state index is 13.9. The number of allylic oxidation sites excluding steroid dienone is 2. The highest BCUT2D eigenvalue weighted by Crippen LogP contribution is 2.40. The fourth-order valence-electron chi connectivity index (χ4n) is 8.69. The molecular formula is C46H84O10Si2. The van der Waals surface area contributed by atoms with Gasteiger partial charge in [0.2, 0.25) is 0 Å². The lowest BCUT2D eigenvalue weighted by Gasteiger charge is -2.40. The van der Waals surface area contributed by atoms with Crippen molar-refractivity contribution < 1.29 is 47.2 Å². The Hall–Kier alpha value is -1.65. The monoisotopic (exact) mass is 853 g/mol. The van der Waals surface area contributed by atoms with Crippen LogP contribution in [0.1, 0.15) is 136 Å². The maximum absolute atomic E-state index is 13.9. The van der Waals surface area contributed by atoms with E-state index in [9.17, 15) is 14.7 Å². The number of hydrogen-bond acceptors (Lipinski definition) is 10. The van der Waals surface area contributed by atoms with Crippen molar-refractivity contribution in [3.8, 4) is 0 Å². The second kappa shape index (κ2) is 24.1. The van der Waals surface area contributed by atoms with Gasteiger partial charge in [-0.1, -0.05) is 86.6 Å². The highest BCUT2D eigenvalue weighted by molar-refractivity contribution is 6.74. The summed E-state index contributed by atoms with van der Waals surface area (Å²) in [4.78, 5) is 26.4. The minimum Gasteiger partial charge on any atom is -0.457 e. The molecule has 0 aliphatic carbocycles. The minimum atomic E-state index is -2.12. The summed E-state index contributed by atoms with van der Waals surface area (Å²) in [5, 5.41) is 11.5. The van der Waals surface area contributed by atoms with Crippen molar-refractivity contribution in [1.82, 2.24) is 0 Å². The molecule has 0 amide bonds. The predicted molar refractivity (Wildman–Crippen MR) is 239 cm³/mol. The number of aliphatic hydroxyl groups is 1. The van der Waals surface area contributed by atoms with Crippen LogP contribution in [0.4, 0.5) is 0 Å². The first kappa shape index (κ1) is 52.5. The van der Waals surface area contributed by atoms with E-state index in [0.717, 1.165) is 48.3 Å². The zero-order chi connectivity index (χ0) is 43.9. The summed E-state index contributed by atoms with van der Waals surface area (Å²) in [5.74, 6) is -0.799. The number of rotatable bonds is 23. The van der Waals surface area contributed by atoms with Crippen molar-refractivity contribution in [1.29, 1.82) is 0 Å². The summed E-state index contributed by atoms with van der Waals surface area (Å²) >= 11 is 0. The molecule has 0 saturated carbocycles. The molecule has 1 fully saturated rings. The Labute approximate surface area is 355 Å². The Morgan fingerprint density at radius 1 is 1.00 bits per heavy atom. The lowest BCUT2D eigenvalue weighted by atomic mass is 9.88. The summed E-state index contributed by atoms with van der Waals surface area (Å²) in [6.07, 6.45) is 9.67. The summed E-state index contributed by atoms with van der Waals surface area (Å²) in [7, 11) is -3.87. The molecule has 0 aromatic rings. The molecule has 11 atom stereocenters. The van der Waals surface area contributed by atoms with Gasteiger partial charge in [-0.3, -0.25) is 9.59 Å². The average molecular weight is 853 g/mol. The van der Waals surface area contributed by atoms with Gasteiger partial charge in [-0.25, -0.2) is 0 Å². The maximum Gasteiger partial charge on any atom is 0.308 e. The SMILES string of the molecule is CCO[C@@H](C)O[C@]1(C)CC[C@@H](O[Si](CC)(CC)CC)CC(=O)O[C@H](/C(C)=C/C=C/[C@](C)(O)C[C@H]2O[C@@H]2[C@H](C)[C@H](CC)O[Si](CC)(CC)CC)[C@@H](C)/C=C/[C@@H]1OC(C)=O. The molecule has 58 heavy (non-hydrogen) atoms. The number of ether oxygens (including phenoxy) is 5. The third kappa shape index (κ3) is 15.7. The Kier molecular flexibility index (Phi) is 21.8. The van der Waals surface area contributed by atoms with Crippen LogP contribution in [0, 0.1) is 11.8 Å². The molecule has 0 aromatic heterocycles. The fraction of sp³-hybridized carbons (Fsp3) is 0.826. The van der Waals surface area contributed by atoms with E-state index in [1.165, 1.54) is 6.92 Å². The number of hydrogen-bond donors (Lipinski definition) is 1. The van der Waals surface area contributed by atoms with E-state index in [1.807, 2.05) is 58.9 Å². The summed E-state index contributed by atoms with van der Waals surface area (Å²) in [6.45, 7) is 31.0. The molecule has 2 heterocycles. The lowest BCUT2D eigenvalue weighted by Crippen LogP contribution is -2.48. The first-order chi connectivity index (χ1) is 27.2. The lowest BCUT2D eigenvalue weighted by molar-refractivity contribution is -0.227. The summed E-state index contributed by atoms with van der Waals surface area (Å²) in [6, 6.07) is 6.17. The van der Waals surface area contributed by atoms with Crippen molar-refractivity contribution in [3.05, 3.63) is 36.0 Å². The second-order valence-corrected chi connectivity index (χ2v) is 26.9. The van der Waals surface area contributed by atoms with Crippen molar-refractivity contribution in [2.45, 2.75) is 226 Å². The highest BCUT2D eigenvalue weighted by atomic mass is 28.4. The van der Waals surface area contributed by atoms with Gasteiger partial charge >= 0.3 is 11.9 Å². The van der Waals surface area contributed by atoms with Crippen molar-refractivity contribution in [2.24, 2.45) is 11.8 Å². The number of esters is 2. The number of cyclic esters (lactones) is 1. The van der Waals surface area contributed by atoms with Crippen LogP contribution in [0.15, 0.2) is 36.0 Å². The van der Waals surface area contributed by atoms with Gasteiger partial charge in [0.05, 0.1) is 30.3 Å². The first-order valence-electron chi connectivity index (χ1n) is 22.7. The minimum absolute atomic E-state index is 0.0443. The quantitative estimate of drug-likeness (QED) is 0.0265. The van der Waals surface area contributed by atoms with Gasteiger partial charge in [0.15, 0.2) is 22.9 Å². The van der Waals surface area contributed by atoms with Crippen LogP contribution in [0.5, 0.6) is 0 Å². The number of carbonyl (C=O) groups is 2. The van der Waals surface area contributed by atoms with Crippen LogP contribution in [0.3, 0.4) is 0 Å². The third-order valence-corrected chi connectivity index (χ3v) is 22.5. The number of carbonyl (C=O) groups excluding carboxylic acids is 2. The average Bonchev–Trinajstić information content (AvgIpc) is 3.94. The number of epoxide rings is 1. The Morgan fingerprint density at radius 2 is 1.60 bits per heavy atom. The normalized spacial score (nSPS) is 29.7. The van der Waals surface area contributed by atoms with Gasteiger partial charge in [-0.2, -0.15) is 0 Å². The van der Waals surface area contributed by atoms with Gasteiger partial charge in [0.1, 0.15) is 17.8 Å². The summed E-state index contributed by atoms with van der Waals surface area (Å²) in [5.41, 5.74) is -1.27. The van der Waals surface area contributed by atoms with E-state index >= 15 is 0 Å². The smallest absolute Gasteiger partial charge is 0.308 e. The van der Waals surface area contributed by atoms with Crippen LogP contribution in [0.2, 0.25) is 36.3 Å². The van der Waals surface area contributed by atoms with Gasteiger partial charge in [-0.05, 0) is 102 Å².